The molecule has 2 aliphatic heterocycles. The first-order chi connectivity index (χ1) is 10.8. The molecule has 4 nitrogen and oxygen atoms in total. The molecule has 1 amide bonds. The number of rotatable bonds is 4. The lowest BCUT2D eigenvalue weighted by atomic mass is 10.0. The van der Waals surface area contributed by atoms with E-state index in [0.717, 1.165) is 51.3 Å². The summed E-state index contributed by atoms with van der Waals surface area (Å²) >= 11 is 1.74. The van der Waals surface area contributed by atoms with Crippen LogP contribution < -0.4 is 0 Å². The maximum Gasteiger partial charge on any atom is 0.223 e. The highest BCUT2D eigenvalue weighted by Gasteiger charge is 2.39. The van der Waals surface area contributed by atoms with Gasteiger partial charge < -0.3 is 14.4 Å². The fourth-order valence-corrected chi connectivity index (χ4v) is 3.80. The summed E-state index contributed by atoms with van der Waals surface area (Å²) in [6.07, 6.45) is 3.16. The molecule has 1 spiro atoms. The van der Waals surface area contributed by atoms with Crippen LogP contribution in [-0.4, -0.2) is 48.7 Å². The van der Waals surface area contributed by atoms with E-state index in [1.54, 1.807) is 11.8 Å². The lowest BCUT2D eigenvalue weighted by Crippen LogP contribution is -2.51. The molecule has 2 saturated heterocycles. The van der Waals surface area contributed by atoms with Crippen LogP contribution in [0.25, 0.3) is 0 Å². The van der Waals surface area contributed by atoms with Gasteiger partial charge in [-0.1, -0.05) is 18.2 Å². The Hall–Kier alpha value is -1.04. The molecule has 2 aliphatic rings. The van der Waals surface area contributed by atoms with E-state index in [0.29, 0.717) is 6.42 Å². The van der Waals surface area contributed by atoms with Crippen LogP contribution in [0.4, 0.5) is 0 Å². The van der Waals surface area contributed by atoms with Crippen molar-refractivity contribution in [3.8, 4) is 0 Å². The third kappa shape index (κ3) is 4.03. The number of carbonyl (C=O) groups excluding carboxylic acids is 1. The summed E-state index contributed by atoms with van der Waals surface area (Å²) in [7, 11) is 0. The summed E-state index contributed by atoms with van der Waals surface area (Å²) in [5.41, 5.74) is 0. The molecule has 1 aromatic rings. The van der Waals surface area contributed by atoms with Crippen molar-refractivity contribution in [3.05, 3.63) is 30.3 Å². The lowest BCUT2D eigenvalue weighted by Gasteiger charge is -2.43. The van der Waals surface area contributed by atoms with E-state index in [1.807, 2.05) is 23.1 Å². The SMILES string of the molecule is O=C(CCSc1ccccc1)N1CCC2(CC1)OCCCO2. The molecule has 2 fully saturated rings. The Bertz CT molecular complexity index is 478. The van der Waals surface area contributed by atoms with Crippen LogP contribution in [0, 0.1) is 0 Å². The van der Waals surface area contributed by atoms with Gasteiger partial charge in [0.25, 0.3) is 0 Å². The van der Waals surface area contributed by atoms with Gasteiger partial charge in [0, 0.05) is 43.0 Å². The Morgan fingerprint density at radius 3 is 2.50 bits per heavy atom. The molecule has 2 heterocycles. The van der Waals surface area contributed by atoms with Crippen LogP contribution in [0.15, 0.2) is 35.2 Å². The number of hydrogen-bond donors (Lipinski definition) is 0. The highest BCUT2D eigenvalue weighted by Crippen LogP contribution is 2.31. The van der Waals surface area contributed by atoms with E-state index in [2.05, 4.69) is 12.1 Å². The number of piperidine rings is 1. The zero-order valence-corrected chi connectivity index (χ0v) is 13.6. The molecule has 0 N–H and O–H groups in total. The summed E-state index contributed by atoms with van der Waals surface area (Å²) in [4.78, 5) is 15.5. The average molecular weight is 321 g/mol. The van der Waals surface area contributed by atoms with Crippen molar-refractivity contribution in [2.75, 3.05) is 32.1 Å². The van der Waals surface area contributed by atoms with Gasteiger partial charge in [0.2, 0.25) is 5.91 Å². The minimum absolute atomic E-state index is 0.245. The Labute approximate surface area is 136 Å². The number of hydrogen-bond acceptors (Lipinski definition) is 4. The molecule has 0 atom stereocenters. The van der Waals surface area contributed by atoms with Crippen LogP contribution in [-0.2, 0) is 14.3 Å². The Morgan fingerprint density at radius 1 is 1.14 bits per heavy atom. The van der Waals surface area contributed by atoms with Crippen LogP contribution in [0.1, 0.15) is 25.7 Å². The van der Waals surface area contributed by atoms with Crippen LogP contribution in [0.3, 0.4) is 0 Å². The number of ether oxygens (including phenoxy) is 2. The lowest BCUT2D eigenvalue weighted by molar-refractivity contribution is -0.282. The van der Waals surface area contributed by atoms with Crippen LogP contribution in [0.2, 0.25) is 0 Å². The third-order valence-electron chi connectivity index (χ3n) is 4.22. The number of carbonyl (C=O) groups is 1. The Balaban J connectivity index is 1.40. The molecule has 120 valence electrons. The highest BCUT2D eigenvalue weighted by molar-refractivity contribution is 7.99. The maximum atomic E-state index is 12.3. The quantitative estimate of drug-likeness (QED) is 0.799. The number of nitrogens with zero attached hydrogens (tertiary/aromatic N) is 1. The summed E-state index contributed by atoms with van der Waals surface area (Å²) < 4.78 is 11.6. The molecule has 3 rings (SSSR count). The second-order valence-corrected chi connectivity index (χ2v) is 6.92. The molecule has 0 unspecified atom stereocenters. The molecule has 1 aromatic carbocycles. The first kappa shape index (κ1) is 15.8. The number of thioether (sulfide) groups is 1. The number of benzene rings is 1. The van der Waals surface area contributed by atoms with Crippen molar-refractivity contribution >= 4 is 17.7 Å². The summed E-state index contributed by atoms with van der Waals surface area (Å²) in [5, 5.41) is 0. The van der Waals surface area contributed by atoms with Crippen molar-refractivity contribution in [1.82, 2.24) is 4.90 Å². The highest BCUT2D eigenvalue weighted by atomic mass is 32.2. The zero-order valence-electron chi connectivity index (χ0n) is 12.8. The topological polar surface area (TPSA) is 38.8 Å². The monoisotopic (exact) mass is 321 g/mol. The second-order valence-electron chi connectivity index (χ2n) is 5.75. The van der Waals surface area contributed by atoms with Gasteiger partial charge in [0.05, 0.1) is 13.2 Å². The van der Waals surface area contributed by atoms with E-state index in [4.69, 9.17) is 9.47 Å². The average Bonchev–Trinajstić information content (AvgIpc) is 2.57. The first-order valence-corrected chi connectivity index (χ1v) is 9.00. The normalized spacial score (nSPS) is 21.0. The minimum Gasteiger partial charge on any atom is -0.350 e. The molecule has 0 bridgehead atoms. The van der Waals surface area contributed by atoms with Gasteiger partial charge in [-0.2, -0.15) is 0 Å². The van der Waals surface area contributed by atoms with Gasteiger partial charge in [-0.25, -0.2) is 0 Å². The fraction of sp³-hybridized carbons (Fsp3) is 0.588. The zero-order chi connectivity index (χ0) is 15.3. The molecule has 0 aromatic heterocycles. The van der Waals surface area contributed by atoms with Gasteiger partial charge in [0.1, 0.15) is 0 Å². The summed E-state index contributed by atoms with van der Waals surface area (Å²) in [5.74, 6) is 0.666. The smallest absolute Gasteiger partial charge is 0.223 e. The van der Waals surface area contributed by atoms with Gasteiger partial charge in [0.15, 0.2) is 5.79 Å². The number of amides is 1. The van der Waals surface area contributed by atoms with E-state index in [-0.39, 0.29) is 5.91 Å². The molecular formula is C17H23NO3S. The number of likely N-dealkylation sites (tertiary alicyclic amines) is 1. The standard InChI is InChI=1S/C17H23NO3S/c19-16(7-14-22-15-5-2-1-3-6-15)18-10-8-17(9-11-18)20-12-4-13-21-17/h1-3,5-6H,4,7-14H2. The van der Waals surface area contributed by atoms with E-state index < -0.39 is 5.79 Å². The van der Waals surface area contributed by atoms with E-state index >= 15 is 0 Å². The third-order valence-corrected chi connectivity index (χ3v) is 5.24. The van der Waals surface area contributed by atoms with Gasteiger partial charge in [-0.3, -0.25) is 4.79 Å². The summed E-state index contributed by atoms with van der Waals surface area (Å²) in [6.45, 7) is 3.05. The first-order valence-electron chi connectivity index (χ1n) is 8.01. The minimum atomic E-state index is -0.409. The fourth-order valence-electron chi connectivity index (χ4n) is 2.93. The molecule has 5 heteroatoms. The molecule has 22 heavy (non-hydrogen) atoms. The second kappa shape index (κ2) is 7.49. The van der Waals surface area contributed by atoms with Crippen LogP contribution >= 0.6 is 11.8 Å². The molecular weight excluding hydrogens is 298 g/mol. The predicted octanol–water partition coefficient (Wildman–Crippen LogP) is 2.92. The molecule has 0 saturated carbocycles. The van der Waals surface area contributed by atoms with Crippen molar-refractivity contribution < 1.29 is 14.3 Å². The van der Waals surface area contributed by atoms with E-state index in [1.165, 1.54) is 4.90 Å². The molecule has 0 aliphatic carbocycles. The summed E-state index contributed by atoms with van der Waals surface area (Å²) in [6, 6.07) is 10.2. The van der Waals surface area contributed by atoms with Crippen molar-refractivity contribution in [3.63, 3.8) is 0 Å². The maximum absolute atomic E-state index is 12.3. The predicted molar refractivity (Wildman–Crippen MR) is 86.8 cm³/mol. The van der Waals surface area contributed by atoms with Crippen molar-refractivity contribution in [2.45, 2.75) is 36.4 Å². The van der Waals surface area contributed by atoms with Crippen molar-refractivity contribution in [2.24, 2.45) is 0 Å². The van der Waals surface area contributed by atoms with Gasteiger partial charge in [-0.15, -0.1) is 11.8 Å². The largest absolute Gasteiger partial charge is 0.350 e. The van der Waals surface area contributed by atoms with E-state index in [9.17, 15) is 4.79 Å². The van der Waals surface area contributed by atoms with Crippen molar-refractivity contribution in [1.29, 1.82) is 0 Å². The Morgan fingerprint density at radius 2 is 1.82 bits per heavy atom. The Kier molecular flexibility index (Phi) is 5.39. The van der Waals surface area contributed by atoms with Gasteiger partial charge >= 0.3 is 0 Å². The van der Waals surface area contributed by atoms with Gasteiger partial charge in [-0.05, 0) is 18.6 Å². The molecule has 0 radical (unpaired) electrons. The van der Waals surface area contributed by atoms with Crippen LogP contribution in [0.5, 0.6) is 0 Å².